The number of carbonyl (C=O) groups excluding carboxylic acids is 2. The average Bonchev–Trinajstić information content (AvgIpc) is 2.78. The lowest BCUT2D eigenvalue weighted by molar-refractivity contribution is 0.0469. The summed E-state index contributed by atoms with van der Waals surface area (Å²) in [7, 11) is 0. The molecule has 0 aliphatic rings. The van der Waals surface area contributed by atoms with Crippen molar-refractivity contribution in [3.63, 3.8) is 0 Å². The molecule has 4 aromatic rings. The highest BCUT2D eigenvalue weighted by atomic mass is 35.5. The molecule has 0 saturated carbocycles. The highest BCUT2D eigenvalue weighted by Gasteiger charge is 2.20. The number of ketones is 1. The number of hydrogen-bond acceptors (Lipinski definition) is 5. The van der Waals surface area contributed by atoms with Crippen molar-refractivity contribution in [2.24, 2.45) is 0 Å². The molecule has 4 rings (SSSR count). The molecule has 1 aromatic heterocycles. The van der Waals surface area contributed by atoms with Gasteiger partial charge in [0.1, 0.15) is 0 Å². The number of benzene rings is 3. The first kappa shape index (κ1) is 20.8. The van der Waals surface area contributed by atoms with E-state index in [0.29, 0.717) is 21.5 Å². The summed E-state index contributed by atoms with van der Waals surface area (Å²) in [6.07, 6.45) is 0. The van der Waals surface area contributed by atoms with Gasteiger partial charge >= 0.3 is 5.97 Å². The molecule has 8 heteroatoms. The average molecular weight is 453 g/mol. The molecular formula is C23H14Cl2N2O4. The topological polar surface area (TPSA) is 78.3 Å². The molecule has 0 radical (unpaired) electrons. The Morgan fingerprint density at radius 3 is 2.29 bits per heavy atom. The molecule has 154 valence electrons. The number of fused-ring (bicyclic) bond motifs is 1. The zero-order chi connectivity index (χ0) is 22.0. The molecule has 0 amide bonds. The van der Waals surface area contributed by atoms with Gasteiger partial charge in [-0.05, 0) is 36.4 Å². The van der Waals surface area contributed by atoms with Crippen LogP contribution in [0.15, 0.2) is 77.6 Å². The maximum absolute atomic E-state index is 12.9. The summed E-state index contributed by atoms with van der Waals surface area (Å²) in [6.45, 7) is -0.541. The number of para-hydroxylation sites is 1. The number of hydrogen-bond donors (Lipinski definition) is 0. The van der Waals surface area contributed by atoms with Crippen molar-refractivity contribution in [1.82, 2.24) is 9.78 Å². The van der Waals surface area contributed by atoms with E-state index < -0.39 is 18.4 Å². The van der Waals surface area contributed by atoms with Crippen LogP contribution in [0.5, 0.6) is 0 Å². The fraction of sp³-hybridized carbons (Fsp3) is 0.0435. The molecule has 0 bridgehead atoms. The van der Waals surface area contributed by atoms with E-state index in [1.807, 2.05) is 0 Å². The lowest BCUT2D eigenvalue weighted by Gasteiger charge is -2.11. The zero-order valence-corrected chi connectivity index (χ0v) is 17.4. The molecule has 0 unspecified atom stereocenters. The summed E-state index contributed by atoms with van der Waals surface area (Å²) >= 11 is 11.9. The normalized spacial score (nSPS) is 10.8. The Kier molecular flexibility index (Phi) is 5.84. The van der Waals surface area contributed by atoms with Gasteiger partial charge < -0.3 is 4.74 Å². The summed E-state index contributed by atoms with van der Waals surface area (Å²) in [5, 5.41) is 5.41. The van der Waals surface area contributed by atoms with Crippen molar-refractivity contribution in [2.75, 3.05) is 6.61 Å². The van der Waals surface area contributed by atoms with Gasteiger partial charge in [0, 0.05) is 16.0 Å². The van der Waals surface area contributed by atoms with Gasteiger partial charge in [-0.2, -0.15) is 9.78 Å². The Balaban J connectivity index is 1.68. The predicted molar refractivity (Wildman–Crippen MR) is 118 cm³/mol. The number of halogens is 2. The summed E-state index contributed by atoms with van der Waals surface area (Å²) in [6, 6.07) is 19.7. The molecule has 0 spiro atoms. The van der Waals surface area contributed by atoms with Crippen molar-refractivity contribution in [3.8, 4) is 5.69 Å². The van der Waals surface area contributed by atoms with E-state index in [0.717, 1.165) is 4.68 Å². The van der Waals surface area contributed by atoms with Crippen LogP contribution in [0.25, 0.3) is 16.5 Å². The second-order valence-electron chi connectivity index (χ2n) is 6.57. The monoisotopic (exact) mass is 452 g/mol. The maximum Gasteiger partial charge on any atom is 0.359 e. The molecule has 6 nitrogen and oxygen atoms in total. The zero-order valence-electron chi connectivity index (χ0n) is 15.9. The second kappa shape index (κ2) is 8.71. The smallest absolute Gasteiger partial charge is 0.359 e. The number of Topliss-reactive ketones (excluding diaryl/α,β-unsaturated/α-hetero) is 1. The third-order valence-electron chi connectivity index (χ3n) is 4.56. The van der Waals surface area contributed by atoms with Crippen LogP contribution in [0, 0.1) is 0 Å². The van der Waals surface area contributed by atoms with Crippen LogP contribution in [0.2, 0.25) is 10.0 Å². The molecule has 1 heterocycles. The second-order valence-corrected chi connectivity index (χ2v) is 7.41. The largest absolute Gasteiger partial charge is 0.452 e. The maximum atomic E-state index is 12.9. The van der Waals surface area contributed by atoms with Crippen LogP contribution in [0.4, 0.5) is 0 Å². The minimum Gasteiger partial charge on any atom is -0.452 e. The minimum atomic E-state index is -0.834. The van der Waals surface area contributed by atoms with Crippen molar-refractivity contribution in [3.05, 3.63) is 104 Å². The lowest BCUT2D eigenvalue weighted by Crippen LogP contribution is -2.25. The number of esters is 1. The Labute approximate surface area is 186 Å². The van der Waals surface area contributed by atoms with Gasteiger partial charge in [-0.1, -0.05) is 59.6 Å². The number of nitrogens with zero attached hydrogens (tertiary/aromatic N) is 2. The van der Waals surface area contributed by atoms with E-state index in [1.54, 1.807) is 54.6 Å². The summed E-state index contributed by atoms with van der Waals surface area (Å²) in [5.74, 6) is -1.32. The van der Waals surface area contributed by atoms with Gasteiger partial charge in [0.2, 0.25) is 5.78 Å². The van der Waals surface area contributed by atoms with Gasteiger partial charge in [0.25, 0.3) is 5.56 Å². The van der Waals surface area contributed by atoms with Gasteiger partial charge in [-0.3, -0.25) is 9.59 Å². The third kappa shape index (κ3) is 4.21. The summed E-state index contributed by atoms with van der Waals surface area (Å²) in [4.78, 5) is 38.1. The fourth-order valence-corrected chi connectivity index (χ4v) is 3.59. The van der Waals surface area contributed by atoms with Gasteiger partial charge in [-0.25, -0.2) is 4.79 Å². The summed E-state index contributed by atoms with van der Waals surface area (Å²) < 4.78 is 6.35. The van der Waals surface area contributed by atoms with Crippen LogP contribution in [0.3, 0.4) is 0 Å². The Morgan fingerprint density at radius 2 is 1.58 bits per heavy atom. The van der Waals surface area contributed by atoms with Crippen LogP contribution >= 0.6 is 23.2 Å². The number of carbonyl (C=O) groups is 2. The molecule has 3 aromatic carbocycles. The molecule has 0 fully saturated rings. The van der Waals surface area contributed by atoms with Crippen LogP contribution in [0.1, 0.15) is 20.8 Å². The fourth-order valence-electron chi connectivity index (χ4n) is 3.08. The van der Waals surface area contributed by atoms with Gasteiger partial charge in [0.15, 0.2) is 12.3 Å². The van der Waals surface area contributed by atoms with E-state index >= 15 is 0 Å². The van der Waals surface area contributed by atoms with Crippen LogP contribution in [-0.2, 0) is 4.74 Å². The minimum absolute atomic E-state index is 0.0749. The van der Waals surface area contributed by atoms with E-state index in [4.69, 9.17) is 27.9 Å². The van der Waals surface area contributed by atoms with E-state index in [-0.39, 0.29) is 21.8 Å². The quantitative estimate of drug-likeness (QED) is 0.323. The Morgan fingerprint density at radius 1 is 0.903 bits per heavy atom. The highest BCUT2D eigenvalue weighted by molar-refractivity contribution is 6.36. The third-order valence-corrected chi connectivity index (χ3v) is 5.11. The molecule has 31 heavy (non-hydrogen) atoms. The molecule has 0 N–H and O–H groups in total. The predicted octanol–water partition coefficient (Wildman–Crippen LogP) is 4.73. The first-order chi connectivity index (χ1) is 15.0. The van der Waals surface area contributed by atoms with E-state index in [9.17, 15) is 14.4 Å². The first-order valence-corrected chi connectivity index (χ1v) is 9.94. The van der Waals surface area contributed by atoms with E-state index in [2.05, 4.69) is 5.10 Å². The van der Waals surface area contributed by atoms with Crippen molar-refractivity contribution < 1.29 is 14.3 Å². The van der Waals surface area contributed by atoms with Gasteiger partial charge in [0.05, 0.1) is 16.1 Å². The lowest BCUT2D eigenvalue weighted by atomic mass is 10.1. The number of ether oxygens (including phenoxy) is 1. The van der Waals surface area contributed by atoms with Crippen molar-refractivity contribution >= 4 is 45.7 Å². The molecular weight excluding hydrogens is 439 g/mol. The van der Waals surface area contributed by atoms with Crippen molar-refractivity contribution in [2.45, 2.75) is 0 Å². The van der Waals surface area contributed by atoms with Crippen molar-refractivity contribution in [1.29, 1.82) is 0 Å². The SMILES string of the molecule is O=C(COC(=O)c1nn(-c2ccccc2)c(=O)c2ccccc12)c1ccc(Cl)cc1Cl. The Hall–Kier alpha value is -3.48. The molecule has 0 aliphatic heterocycles. The molecule has 0 atom stereocenters. The standard InChI is InChI=1S/C23H14Cl2N2O4/c24-14-10-11-18(19(25)12-14)20(28)13-31-23(30)21-16-8-4-5-9-17(16)22(29)27(26-21)15-6-2-1-3-7-15/h1-12H,13H2. The number of rotatable bonds is 5. The van der Waals surface area contributed by atoms with Crippen LogP contribution < -0.4 is 5.56 Å². The summed E-state index contributed by atoms with van der Waals surface area (Å²) in [5.41, 5.74) is 0.235. The molecule has 0 saturated heterocycles. The van der Waals surface area contributed by atoms with Crippen LogP contribution in [-0.4, -0.2) is 28.1 Å². The van der Waals surface area contributed by atoms with Gasteiger partial charge in [-0.15, -0.1) is 0 Å². The molecule has 0 aliphatic carbocycles. The Bertz CT molecular complexity index is 1370. The number of aromatic nitrogens is 2. The van der Waals surface area contributed by atoms with E-state index in [1.165, 1.54) is 18.2 Å². The first-order valence-electron chi connectivity index (χ1n) is 9.18. The highest BCUT2D eigenvalue weighted by Crippen LogP contribution is 2.22.